The first kappa shape index (κ1) is 12.6. The Hall–Kier alpha value is -0.870. The normalized spacial score (nSPS) is 16.7. The minimum Gasteiger partial charge on any atom is -0.497 e. The summed E-state index contributed by atoms with van der Waals surface area (Å²) in [5.74, 6) is 1.67. The molecule has 1 fully saturated rings. The summed E-state index contributed by atoms with van der Waals surface area (Å²) < 4.78 is 10.7. The van der Waals surface area contributed by atoms with Gasteiger partial charge in [-0.3, -0.25) is 0 Å². The van der Waals surface area contributed by atoms with Gasteiger partial charge in [-0.1, -0.05) is 0 Å². The maximum Gasteiger partial charge on any atom is 0.135 e. The second-order valence-electron chi connectivity index (χ2n) is 4.42. The largest absolute Gasteiger partial charge is 0.497 e. The lowest BCUT2D eigenvalue weighted by Crippen LogP contribution is -2.12. The van der Waals surface area contributed by atoms with Crippen LogP contribution in [-0.2, 0) is 6.42 Å². The molecule has 1 aromatic carbocycles. The predicted octanol–water partition coefficient (Wildman–Crippen LogP) is 2.49. The lowest BCUT2D eigenvalue weighted by atomic mass is 10.0. The second kappa shape index (κ2) is 4.78. The molecule has 0 unspecified atom stereocenters. The average Bonchev–Trinajstić information content (AvgIpc) is 3.05. The topological polar surface area (TPSA) is 38.7 Å². The van der Waals surface area contributed by atoms with Gasteiger partial charge in [0.2, 0.25) is 0 Å². The maximum absolute atomic E-state index is 10.0. The van der Waals surface area contributed by atoms with E-state index < -0.39 is 5.60 Å². The fourth-order valence-electron chi connectivity index (χ4n) is 1.94. The van der Waals surface area contributed by atoms with Gasteiger partial charge in [0.15, 0.2) is 0 Å². The van der Waals surface area contributed by atoms with Gasteiger partial charge in [-0.15, -0.1) is 11.8 Å². The zero-order chi connectivity index (χ0) is 12.5. The van der Waals surface area contributed by atoms with E-state index in [4.69, 9.17) is 9.47 Å². The first-order chi connectivity index (χ1) is 8.11. The van der Waals surface area contributed by atoms with Crippen LogP contribution in [-0.4, -0.2) is 31.2 Å². The molecule has 0 radical (unpaired) electrons. The van der Waals surface area contributed by atoms with Gasteiger partial charge in [-0.25, -0.2) is 0 Å². The van der Waals surface area contributed by atoms with Gasteiger partial charge in [0, 0.05) is 12.0 Å². The van der Waals surface area contributed by atoms with Crippen molar-refractivity contribution in [2.75, 3.05) is 20.5 Å². The van der Waals surface area contributed by atoms with E-state index in [1.165, 1.54) is 0 Å². The highest BCUT2D eigenvalue weighted by atomic mass is 32.2. The predicted molar refractivity (Wildman–Crippen MR) is 69.2 cm³/mol. The highest BCUT2D eigenvalue weighted by molar-refractivity contribution is 7.98. The summed E-state index contributed by atoms with van der Waals surface area (Å²) in [6, 6.07) is 3.92. The number of thioether (sulfide) groups is 1. The van der Waals surface area contributed by atoms with E-state index in [1.807, 2.05) is 18.4 Å². The van der Waals surface area contributed by atoms with Crippen LogP contribution in [0.1, 0.15) is 18.4 Å². The molecule has 0 bridgehead atoms. The molecule has 0 saturated heterocycles. The molecule has 0 spiro atoms. The van der Waals surface area contributed by atoms with Gasteiger partial charge in [-0.2, -0.15) is 0 Å². The minimum absolute atomic E-state index is 0.519. The quantitative estimate of drug-likeness (QED) is 0.819. The molecule has 94 valence electrons. The summed E-state index contributed by atoms with van der Waals surface area (Å²) in [6.45, 7) is 0. The molecule has 0 atom stereocenters. The Kier molecular flexibility index (Phi) is 3.54. The van der Waals surface area contributed by atoms with E-state index in [2.05, 4.69) is 0 Å². The number of benzene rings is 1. The molecule has 0 aromatic heterocycles. The third kappa shape index (κ3) is 2.69. The fourth-order valence-corrected chi connectivity index (χ4v) is 2.57. The molecule has 17 heavy (non-hydrogen) atoms. The van der Waals surface area contributed by atoms with Crippen LogP contribution in [0, 0.1) is 0 Å². The molecule has 2 rings (SSSR count). The van der Waals surface area contributed by atoms with Gasteiger partial charge >= 0.3 is 0 Å². The van der Waals surface area contributed by atoms with Crippen LogP contribution < -0.4 is 9.47 Å². The molecule has 1 aromatic rings. The van der Waals surface area contributed by atoms with Crippen LogP contribution in [0.4, 0.5) is 0 Å². The van der Waals surface area contributed by atoms with E-state index in [0.29, 0.717) is 6.42 Å². The van der Waals surface area contributed by atoms with Crippen molar-refractivity contribution in [1.29, 1.82) is 0 Å². The molecule has 3 nitrogen and oxygen atoms in total. The molecule has 0 heterocycles. The fraction of sp³-hybridized carbons (Fsp3) is 0.538. The molecular formula is C13H18O3S. The van der Waals surface area contributed by atoms with Crippen LogP contribution in [0.5, 0.6) is 11.5 Å². The van der Waals surface area contributed by atoms with Gasteiger partial charge in [-0.05, 0) is 31.2 Å². The third-order valence-corrected chi connectivity index (χ3v) is 3.85. The highest BCUT2D eigenvalue weighted by Crippen LogP contribution is 2.43. The van der Waals surface area contributed by atoms with Crippen LogP contribution in [0.2, 0.25) is 0 Å². The molecule has 1 N–H and O–H groups in total. The molecule has 1 aliphatic rings. The number of hydrogen-bond acceptors (Lipinski definition) is 4. The SMILES string of the molecule is COc1cc(CC2(O)CC2)c(OC)c(SC)c1. The van der Waals surface area contributed by atoms with Crippen molar-refractivity contribution in [1.82, 2.24) is 0 Å². The number of rotatable bonds is 5. The van der Waals surface area contributed by atoms with E-state index in [9.17, 15) is 5.11 Å². The molecule has 1 aliphatic carbocycles. The zero-order valence-corrected chi connectivity index (χ0v) is 11.3. The lowest BCUT2D eigenvalue weighted by molar-refractivity contribution is 0.149. The van der Waals surface area contributed by atoms with Crippen molar-refractivity contribution in [3.05, 3.63) is 17.7 Å². The molecular weight excluding hydrogens is 236 g/mol. The molecule has 0 aliphatic heterocycles. The van der Waals surface area contributed by atoms with Crippen LogP contribution >= 0.6 is 11.8 Å². The van der Waals surface area contributed by atoms with E-state index in [1.54, 1.807) is 26.0 Å². The van der Waals surface area contributed by atoms with E-state index in [0.717, 1.165) is 34.8 Å². The van der Waals surface area contributed by atoms with Crippen LogP contribution in [0.25, 0.3) is 0 Å². The van der Waals surface area contributed by atoms with E-state index in [-0.39, 0.29) is 0 Å². The smallest absolute Gasteiger partial charge is 0.135 e. The molecule has 1 saturated carbocycles. The van der Waals surface area contributed by atoms with Gasteiger partial charge in [0.25, 0.3) is 0 Å². The van der Waals surface area contributed by atoms with Crippen molar-refractivity contribution < 1.29 is 14.6 Å². The standard InChI is InChI=1S/C13H18O3S/c1-15-10-6-9(8-13(14)4-5-13)12(16-2)11(7-10)17-3/h6-7,14H,4-5,8H2,1-3H3. The van der Waals surface area contributed by atoms with Crippen molar-refractivity contribution in [2.24, 2.45) is 0 Å². The summed E-state index contributed by atoms with van der Waals surface area (Å²) in [7, 11) is 3.32. The Balaban J connectivity index is 2.38. The van der Waals surface area contributed by atoms with Crippen LogP contribution in [0.3, 0.4) is 0 Å². The number of hydrogen-bond donors (Lipinski definition) is 1. The van der Waals surface area contributed by atoms with Crippen molar-refractivity contribution >= 4 is 11.8 Å². The van der Waals surface area contributed by atoms with Gasteiger partial charge in [0.05, 0.1) is 24.7 Å². The minimum atomic E-state index is -0.519. The Morgan fingerprint density at radius 1 is 1.29 bits per heavy atom. The number of methoxy groups -OCH3 is 2. The van der Waals surface area contributed by atoms with Gasteiger partial charge < -0.3 is 14.6 Å². The van der Waals surface area contributed by atoms with Crippen LogP contribution in [0.15, 0.2) is 17.0 Å². The monoisotopic (exact) mass is 254 g/mol. The lowest BCUT2D eigenvalue weighted by Gasteiger charge is -2.16. The number of ether oxygens (including phenoxy) is 2. The highest BCUT2D eigenvalue weighted by Gasteiger charge is 2.41. The maximum atomic E-state index is 10.0. The Morgan fingerprint density at radius 2 is 2.00 bits per heavy atom. The first-order valence-corrected chi connectivity index (χ1v) is 6.85. The van der Waals surface area contributed by atoms with Crippen molar-refractivity contribution in [3.63, 3.8) is 0 Å². The molecule has 0 amide bonds. The summed E-state index contributed by atoms with van der Waals surface area (Å²) in [6.07, 6.45) is 4.40. The summed E-state index contributed by atoms with van der Waals surface area (Å²) in [5.41, 5.74) is 0.506. The van der Waals surface area contributed by atoms with E-state index >= 15 is 0 Å². The average molecular weight is 254 g/mol. The Morgan fingerprint density at radius 3 is 2.47 bits per heavy atom. The summed E-state index contributed by atoms with van der Waals surface area (Å²) >= 11 is 1.62. The Bertz CT molecular complexity index is 413. The molecule has 4 heteroatoms. The van der Waals surface area contributed by atoms with Gasteiger partial charge in [0.1, 0.15) is 11.5 Å². The zero-order valence-electron chi connectivity index (χ0n) is 10.4. The second-order valence-corrected chi connectivity index (χ2v) is 5.27. The first-order valence-electron chi connectivity index (χ1n) is 5.63. The third-order valence-electron chi connectivity index (χ3n) is 3.11. The number of aliphatic hydroxyl groups is 1. The summed E-state index contributed by atoms with van der Waals surface area (Å²) in [5, 5.41) is 10.0. The summed E-state index contributed by atoms with van der Waals surface area (Å²) in [4.78, 5) is 1.05. The Labute approximate surface area is 106 Å². The van der Waals surface area contributed by atoms with Crippen molar-refractivity contribution in [2.45, 2.75) is 29.8 Å². The van der Waals surface area contributed by atoms with Crippen molar-refractivity contribution in [3.8, 4) is 11.5 Å².